The van der Waals surface area contributed by atoms with Crippen LogP contribution in [0.25, 0.3) is 0 Å². The molecule has 0 aliphatic heterocycles. The highest BCUT2D eigenvalue weighted by Crippen LogP contribution is 1.90. The monoisotopic (exact) mass is 147 g/mol. The molecule has 60 valence electrons. The van der Waals surface area contributed by atoms with E-state index in [9.17, 15) is 0 Å². The van der Waals surface area contributed by atoms with E-state index in [0.29, 0.717) is 13.2 Å². The summed E-state index contributed by atoms with van der Waals surface area (Å²) in [5.74, 6) is 0. The molecule has 4 nitrogen and oxygen atoms in total. The third kappa shape index (κ3) is 4.29. The Morgan fingerprint density at radius 1 is 1.40 bits per heavy atom. The van der Waals surface area contributed by atoms with Crippen molar-refractivity contribution in [2.24, 2.45) is 5.16 Å². The van der Waals surface area contributed by atoms with Crippen molar-refractivity contribution >= 4 is 6.21 Å². The van der Waals surface area contributed by atoms with Crippen LogP contribution in [-0.4, -0.2) is 30.9 Å². The molecular weight excluding hydrogens is 134 g/mol. The van der Waals surface area contributed by atoms with Crippen LogP contribution >= 0.6 is 0 Å². The predicted octanol–water partition coefficient (Wildman–Crippen LogP) is 0.845. The molecule has 0 saturated carbocycles. The fourth-order valence-corrected chi connectivity index (χ4v) is 0.517. The van der Waals surface area contributed by atoms with Gasteiger partial charge in [0.05, 0.1) is 6.21 Å². The van der Waals surface area contributed by atoms with E-state index in [1.807, 2.05) is 13.8 Å². The molecule has 0 aromatic carbocycles. The molecular formula is C6H13NO3. The fraction of sp³-hybridized carbons (Fsp3) is 0.833. The average Bonchev–Trinajstić information content (AvgIpc) is 1.90. The summed E-state index contributed by atoms with van der Waals surface area (Å²) >= 11 is 0. The van der Waals surface area contributed by atoms with Gasteiger partial charge in [-0.25, -0.2) is 0 Å². The van der Waals surface area contributed by atoms with Crippen molar-refractivity contribution < 1.29 is 14.7 Å². The third-order valence-electron chi connectivity index (χ3n) is 0.850. The lowest BCUT2D eigenvalue weighted by Crippen LogP contribution is -2.18. The van der Waals surface area contributed by atoms with E-state index in [1.165, 1.54) is 6.21 Å². The van der Waals surface area contributed by atoms with Gasteiger partial charge in [-0.2, -0.15) is 0 Å². The summed E-state index contributed by atoms with van der Waals surface area (Å²) in [5, 5.41) is 10.9. The Kier molecular flexibility index (Phi) is 6.11. The van der Waals surface area contributed by atoms with Crippen molar-refractivity contribution in [1.82, 2.24) is 0 Å². The van der Waals surface area contributed by atoms with Gasteiger partial charge >= 0.3 is 0 Å². The van der Waals surface area contributed by atoms with Crippen LogP contribution in [0.2, 0.25) is 0 Å². The summed E-state index contributed by atoms with van der Waals surface area (Å²) in [7, 11) is 0. The normalized spacial score (nSPS) is 11.5. The van der Waals surface area contributed by atoms with E-state index < -0.39 is 6.29 Å². The number of rotatable bonds is 5. The second-order valence-electron chi connectivity index (χ2n) is 1.54. The van der Waals surface area contributed by atoms with Gasteiger partial charge in [0.15, 0.2) is 6.29 Å². The van der Waals surface area contributed by atoms with Crippen LogP contribution in [0.5, 0.6) is 0 Å². The molecule has 0 aliphatic rings. The van der Waals surface area contributed by atoms with Crippen molar-refractivity contribution in [3.8, 4) is 0 Å². The quantitative estimate of drug-likeness (QED) is 0.271. The molecule has 0 aromatic rings. The van der Waals surface area contributed by atoms with Crippen molar-refractivity contribution in [2.45, 2.75) is 20.1 Å². The molecule has 0 aliphatic carbocycles. The molecule has 0 fully saturated rings. The van der Waals surface area contributed by atoms with Crippen molar-refractivity contribution in [1.29, 1.82) is 0 Å². The van der Waals surface area contributed by atoms with Crippen LogP contribution in [0.15, 0.2) is 5.16 Å². The lowest BCUT2D eigenvalue weighted by molar-refractivity contribution is -0.0878. The first kappa shape index (κ1) is 9.39. The van der Waals surface area contributed by atoms with Crippen molar-refractivity contribution in [3.63, 3.8) is 0 Å². The SMILES string of the molecule is CCOC(/C=N\O)OCC. The van der Waals surface area contributed by atoms with Gasteiger partial charge in [-0.05, 0) is 13.8 Å². The number of ether oxygens (including phenoxy) is 2. The Bertz CT molecular complexity index is 89.0. The topological polar surface area (TPSA) is 51.0 Å². The maximum Gasteiger partial charge on any atom is 0.197 e. The first-order valence-electron chi connectivity index (χ1n) is 3.25. The van der Waals surface area contributed by atoms with E-state index in [1.54, 1.807) is 0 Å². The van der Waals surface area contributed by atoms with Gasteiger partial charge in [0.1, 0.15) is 0 Å². The minimum absolute atomic E-state index is 0.514. The number of hydrogen-bond donors (Lipinski definition) is 1. The first-order valence-corrected chi connectivity index (χ1v) is 3.25. The molecule has 0 rings (SSSR count). The van der Waals surface area contributed by atoms with Gasteiger partial charge in [-0.15, -0.1) is 0 Å². The van der Waals surface area contributed by atoms with Crippen molar-refractivity contribution in [2.75, 3.05) is 13.2 Å². The van der Waals surface area contributed by atoms with E-state index in [2.05, 4.69) is 5.16 Å². The summed E-state index contributed by atoms with van der Waals surface area (Å²) < 4.78 is 9.98. The Hall–Kier alpha value is -0.610. The molecule has 0 bridgehead atoms. The number of oxime groups is 1. The van der Waals surface area contributed by atoms with Gasteiger partial charge in [0.25, 0.3) is 0 Å². The van der Waals surface area contributed by atoms with Crippen LogP contribution in [0.4, 0.5) is 0 Å². The highest BCUT2D eigenvalue weighted by molar-refractivity contribution is 5.60. The van der Waals surface area contributed by atoms with E-state index in [-0.39, 0.29) is 0 Å². The molecule has 0 amide bonds. The first-order chi connectivity index (χ1) is 4.85. The van der Waals surface area contributed by atoms with E-state index >= 15 is 0 Å². The molecule has 0 heterocycles. The zero-order chi connectivity index (χ0) is 7.82. The molecule has 0 radical (unpaired) electrons. The van der Waals surface area contributed by atoms with Gasteiger partial charge in [0.2, 0.25) is 0 Å². The van der Waals surface area contributed by atoms with Crippen molar-refractivity contribution in [3.05, 3.63) is 0 Å². The number of nitrogens with zero attached hydrogens (tertiary/aromatic N) is 1. The van der Waals surface area contributed by atoms with Crippen LogP contribution in [0, 0.1) is 0 Å². The Labute approximate surface area is 60.4 Å². The van der Waals surface area contributed by atoms with E-state index in [0.717, 1.165) is 0 Å². The summed E-state index contributed by atoms with van der Waals surface area (Å²) in [6.07, 6.45) is 0.687. The highest BCUT2D eigenvalue weighted by Gasteiger charge is 2.01. The zero-order valence-electron chi connectivity index (χ0n) is 6.28. The van der Waals surface area contributed by atoms with Crippen LogP contribution < -0.4 is 0 Å². The molecule has 10 heavy (non-hydrogen) atoms. The second kappa shape index (κ2) is 6.51. The maximum atomic E-state index is 8.10. The lowest BCUT2D eigenvalue weighted by atomic mass is 10.6. The molecule has 0 aromatic heterocycles. The molecule has 0 spiro atoms. The maximum absolute atomic E-state index is 8.10. The summed E-state index contributed by atoms with van der Waals surface area (Å²) in [6.45, 7) is 4.77. The summed E-state index contributed by atoms with van der Waals surface area (Å²) in [5.41, 5.74) is 0. The minimum Gasteiger partial charge on any atom is -0.411 e. The fourth-order valence-electron chi connectivity index (χ4n) is 0.517. The van der Waals surface area contributed by atoms with E-state index in [4.69, 9.17) is 14.7 Å². The van der Waals surface area contributed by atoms with Gasteiger partial charge in [-0.3, -0.25) is 0 Å². The number of hydrogen-bond acceptors (Lipinski definition) is 4. The summed E-state index contributed by atoms with van der Waals surface area (Å²) in [4.78, 5) is 0. The van der Waals surface area contributed by atoms with Gasteiger partial charge in [-0.1, -0.05) is 5.16 Å². The third-order valence-corrected chi connectivity index (χ3v) is 0.850. The Morgan fingerprint density at radius 3 is 2.20 bits per heavy atom. The lowest BCUT2D eigenvalue weighted by Gasteiger charge is -2.09. The van der Waals surface area contributed by atoms with Crippen LogP contribution in [0.3, 0.4) is 0 Å². The minimum atomic E-state index is -0.514. The Balaban J connectivity index is 3.50. The molecule has 0 atom stereocenters. The highest BCUT2D eigenvalue weighted by atomic mass is 16.7. The second-order valence-corrected chi connectivity index (χ2v) is 1.54. The molecule has 1 N–H and O–H groups in total. The predicted molar refractivity (Wildman–Crippen MR) is 37.3 cm³/mol. The molecule has 0 saturated heterocycles. The zero-order valence-corrected chi connectivity index (χ0v) is 6.28. The van der Waals surface area contributed by atoms with Gasteiger partial charge in [0, 0.05) is 13.2 Å². The summed E-state index contributed by atoms with van der Waals surface area (Å²) in [6, 6.07) is 0. The largest absolute Gasteiger partial charge is 0.411 e. The standard InChI is InChI=1S/C6H13NO3/c1-3-9-6(5-7-8)10-4-2/h5-6,8H,3-4H2,1-2H3/b7-5-. The van der Waals surface area contributed by atoms with Crippen LogP contribution in [-0.2, 0) is 9.47 Å². The average molecular weight is 147 g/mol. The Morgan fingerprint density at radius 2 is 1.90 bits per heavy atom. The van der Waals surface area contributed by atoms with Gasteiger partial charge < -0.3 is 14.7 Å². The van der Waals surface area contributed by atoms with Crippen LogP contribution in [0.1, 0.15) is 13.8 Å². The molecule has 4 heteroatoms. The molecule has 0 unspecified atom stereocenters. The smallest absolute Gasteiger partial charge is 0.197 e.